The zero-order valence-electron chi connectivity index (χ0n) is 29.1. The van der Waals surface area contributed by atoms with Crippen LogP contribution in [0.25, 0.3) is 33.7 Å². The Morgan fingerprint density at radius 1 is 0.538 bits per heavy atom. The van der Waals surface area contributed by atoms with E-state index >= 15 is 0 Å². The van der Waals surface area contributed by atoms with Gasteiger partial charge >= 0.3 is 0 Å². The Balaban J connectivity index is 1.23. The standard InChI is InChI=1S/C48H36N4/c1-31-29-43(51(45-21-7-9-27-49-45)41-19-11-15-33-13-3-5-17-37(33)41)39-26-24-36-32(2)30-44(40-25-23-35(31)47(39)48(36)40)52(46-22-8-10-28-50-46)42-20-12-16-34-14-4-6-18-38(34)42/h3-30,35,47H,1-2H3. The van der Waals surface area contributed by atoms with Crippen LogP contribution in [0.4, 0.5) is 28.7 Å². The van der Waals surface area contributed by atoms with E-state index in [0.717, 1.165) is 34.4 Å². The first-order valence-electron chi connectivity index (χ1n) is 18.0. The van der Waals surface area contributed by atoms with Crippen LogP contribution in [-0.2, 0) is 0 Å². The minimum absolute atomic E-state index is 0.137. The lowest BCUT2D eigenvalue weighted by molar-refractivity contribution is 0.620. The molecule has 0 saturated heterocycles. The minimum Gasteiger partial charge on any atom is -0.294 e. The minimum atomic E-state index is 0.137. The molecule has 0 fully saturated rings. The van der Waals surface area contributed by atoms with E-state index < -0.39 is 0 Å². The van der Waals surface area contributed by atoms with Crippen molar-refractivity contribution in [3.05, 3.63) is 197 Å². The Bertz CT molecular complexity index is 2660. The summed E-state index contributed by atoms with van der Waals surface area (Å²) in [6.45, 7) is 4.55. The molecule has 0 radical (unpaired) electrons. The zero-order chi connectivity index (χ0) is 34.8. The number of pyridine rings is 2. The largest absolute Gasteiger partial charge is 0.294 e. The van der Waals surface area contributed by atoms with Crippen LogP contribution in [0.5, 0.6) is 0 Å². The van der Waals surface area contributed by atoms with Crippen molar-refractivity contribution in [2.45, 2.75) is 19.8 Å². The molecule has 0 amide bonds. The van der Waals surface area contributed by atoms with Crippen LogP contribution in [0, 0.1) is 12.8 Å². The van der Waals surface area contributed by atoms with E-state index in [1.807, 2.05) is 24.5 Å². The van der Waals surface area contributed by atoms with Gasteiger partial charge in [-0.05, 0) is 95.4 Å². The van der Waals surface area contributed by atoms with E-state index in [2.05, 4.69) is 169 Å². The highest BCUT2D eigenvalue weighted by molar-refractivity contribution is 6.01. The number of benzene rings is 5. The summed E-state index contributed by atoms with van der Waals surface area (Å²) >= 11 is 0. The molecule has 10 rings (SSSR count). The highest BCUT2D eigenvalue weighted by Gasteiger charge is 2.40. The first-order chi connectivity index (χ1) is 25.7. The van der Waals surface area contributed by atoms with Gasteiger partial charge in [-0.1, -0.05) is 115 Å². The van der Waals surface area contributed by atoms with E-state index in [1.54, 1.807) is 0 Å². The maximum Gasteiger partial charge on any atom is 0.137 e. The number of hydrogen-bond donors (Lipinski definition) is 0. The summed E-state index contributed by atoms with van der Waals surface area (Å²) in [5.41, 5.74) is 12.4. The molecule has 0 bridgehead atoms. The van der Waals surface area contributed by atoms with Gasteiger partial charge in [-0.15, -0.1) is 0 Å². The molecule has 2 unspecified atom stereocenters. The first-order valence-corrected chi connectivity index (χ1v) is 18.0. The number of fused-ring (bicyclic) bond motifs is 2. The van der Waals surface area contributed by atoms with Crippen molar-refractivity contribution in [2.75, 3.05) is 9.80 Å². The molecule has 5 aromatic carbocycles. The molecule has 52 heavy (non-hydrogen) atoms. The lowest BCUT2D eigenvalue weighted by atomic mass is 9.65. The molecule has 2 atom stereocenters. The molecule has 3 aliphatic carbocycles. The number of rotatable bonds is 6. The molecule has 0 N–H and O–H groups in total. The van der Waals surface area contributed by atoms with Crippen LogP contribution in [0.2, 0.25) is 0 Å². The van der Waals surface area contributed by atoms with Gasteiger partial charge in [-0.25, -0.2) is 9.97 Å². The maximum absolute atomic E-state index is 4.95. The van der Waals surface area contributed by atoms with Crippen LogP contribution in [0.15, 0.2) is 175 Å². The van der Waals surface area contributed by atoms with Gasteiger partial charge in [-0.3, -0.25) is 9.80 Å². The van der Waals surface area contributed by atoms with Crippen molar-refractivity contribution in [1.82, 2.24) is 9.97 Å². The van der Waals surface area contributed by atoms with Crippen LogP contribution in [0.3, 0.4) is 0 Å². The van der Waals surface area contributed by atoms with E-state index in [0.29, 0.717) is 0 Å². The zero-order valence-corrected chi connectivity index (χ0v) is 29.1. The molecular formula is C48H36N4. The summed E-state index contributed by atoms with van der Waals surface area (Å²) in [6, 6.07) is 45.1. The number of nitrogens with zero attached hydrogens (tertiary/aromatic N) is 4. The van der Waals surface area contributed by atoms with Crippen molar-refractivity contribution >= 4 is 62.4 Å². The van der Waals surface area contributed by atoms with E-state index in [4.69, 9.17) is 9.97 Å². The van der Waals surface area contributed by atoms with Crippen molar-refractivity contribution in [1.29, 1.82) is 0 Å². The third-order valence-electron chi connectivity index (χ3n) is 11.0. The lowest BCUT2D eigenvalue weighted by Crippen LogP contribution is -2.30. The van der Waals surface area contributed by atoms with Gasteiger partial charge < -0.3 is 0 Å². The fourth-order valence-electron chi connectivity index (χ4n) is 8.67. The van der Waals surface area contributed by atoms with E-state index in [-0.39, 0.29) is 11.8 Å². The van der Waals surface area contributed by atoms with E-state index in [9.17, 15) is 0 Å². The summed E-state index contributed by atoms with van der Waals surface area (Å²) in [5.74, 6) is 2.17. The van der Waals surface area contributed by atoms with Crippen LogP contribution >= 0.6 is 0 Å². The maximum atomic E-state index is 4.95. The smallest absolute Gasteiger partial charge is 0.137 e. The van der Waals surface area contributed by atoms with Crippen LogP contribution in [0.1, 0.15) is 35.1 Å². The number of anilines is 5. The van der Waals surface area contributed by atoms with Gasteiger partial charge in [0.05, 0.1) is 22.8 Å². The van der Waals surface area contributed by atoms with Gasteiger partial charge in [0, 0.05) is 40.6 Å². The second kappa shape index (κ2) is 12.1. The number of aromatic nitrogens is 2. The molecule has 0 spiro atoms. The van der Waals surface area contributed by atoms with Crippen molar-refractivity contribution in [2.24, 2.45) is 5.92 Å². The molecule has 3 aliphatic rings. The average Bonchev–Trinajstić information content (AvgIpc) is 3.20. The fourth-order valence-corrected chi connectivity index (χ4v) is 8.67. The first kappa shape index (κ1) is 30.3. The van der Waals surface area contributed by atoms with Crippen LogP contribution < -0.4 is 9.80 Å². The molecule has 4 nitrogen and oxygen atoms in total. The quantitative estimate of drug-likeness (QED) is 0.177. The molecule has 0 aliphatic heterocycles. The van der Waals surface area contributed by atoms with Crippen molar-refractivity contribution < 1.29 is 0 Å². The summed E-state index contributed by atoms with van der Waals surface area (Å²) < 4.78 is 0. The highest BCUT2D eigenvalue weighted by Crippen LogP contribution is 2.56. The Morgan fingerprint density at radius 3 is 1.79 bits per heavy atom. The average molecular weight is 669 g/mol. The van der Waals surface area contributed by atoms with Crippen molar-refractivity contribution in [3.8, 4) is 0 Å². The molecule has 4 heteroatoms. The fraction of sp³-hybridized carbons (Fsp3) is 0.0833. The molecule has 7 aromatic rings. The third kappa shape index (κ3) is 4.68. The predicted octanol–water partition coefficient (Wildman–Crippen LogP) is 12.4. The number of allylic oxidation sites excluding steroid dienone is 5. The molecule has 0 saturated carbocycles. The van der Waals surface area contributed by atoms with Gasteiger partial charge in [0.1, 0.15) is 11.6 Å². The molecule has 2 aromatic heterocycles. The van der Waals surface area contributed by atoms with Gasteiger partial charge in [0.25, 0.3) is 0 Å². The highest BCUT2D eigenvalue weighted by atomic mass is 15.2. The topological polar surface area (TPSA) is 32.3 Å². The number of hydrogen-bond acceptors (Lipinski definition) is 4. The van der Waals surface area contributed by atoms with Crippen molar-refractivity contribution in [3.63, 3.8) is 0 Å². The molecule has 2 heterocycles. The van der Waals surface area contributed by atoms with Gasteiger partial charge in [0.2, 0.25) is 0 Å². The van der Waals surface area contributed by atoms with E-state index in [1.165, 1.54) is 54.9 Å². The normalized spacial score (nSPS) is 16.9. The Kier molecular flexibility index (Phi) is 7.03. The summed E-state index contributed by atoms with van der Waals surface area (Å²) in [4.78, 5) is 14.6. The lowest BCUT2D eigenvalue weighted by Gasteiger charge is -2.43. The second-order valence-corrected chi connectivity index (χ2v) is 13.9. The molecule has 248 valence electrons. The van der Waals surface area contributed by atoms with Crippen LogP contribution in [-0.4, -0.2) is 9.97 Å². The predicted molar refractivity (Wildman–Crippen MR) is 217 cm³/mol. The monoisotopic (exact) mass is 668 g/mol. The summed E-state index contributed by atoms with van der Waals surface area (Å²) in [6.07, 6.45) is 15.7. The number of aryl methyl sites for hydroxylation is 1. The Hall–Kier alpha value is -6.52. The molecular weight excluding hydrogens is 633 g/mol. The summed E-state index contributed by atoms with van der Waals surface area (Å²) in [5, 5.41) is 4.79. The summed E-state index contributed by atoms with van der Waals surface area (Å²) in [7, 11) is 0. The van der Waals surface area contributed by atoms with Gasteiger partial charge in [-0.2, -0.15) is 0 Å². The van der Waals surface area contributed by atoms with Gasteiger partial charge in [0.15, 0.2) is 0 Å². The third-order valence-corrected chi connectivity index (χ3v) is 11.0. The second-order valence-electron chi connectivity index (χ2n) is 13.9. The Morgan fingerprint density at radius 2 is 1.13 bits per heavy atom. The Labute approximate surface area is 304 Å². The SMILES string of the molecule is CC1=CC(N(c2ccccn2)c2cccc3ccccc23)=C2C=Cc3c(C)cc(N(c4ccccn4)c4cccc5ccccc45)c4c3C2C1C=C4.